The van der Waals surface area contributed by atoms with Crippen LogP contribution in [-0.2, 0) is 0 Å². The molecular weight excluding hydrogens is 235 g/mol. The molecule has 4 nitrogen and oxygen atoms in total. The van der Waals surface area contributed by atoms with Gasteiger partial charge in [0.15, 0.2) is 11.6 Å². The van der Waals surface area contributed by atoms with Gasteiger partial charge in [-0.1, -0.05) is 6.42 Å². The number of anilines is 1. The first-order chi connectivity index (χ1) is 8.58. The minimum atomic E-state index is -0.680. The number of halogens is 1. The predicted molar refractivity (Wildman–Crippen MR) is 66.8 cm³/mol. The van der Waals surface area contributed by atoms with E-state index in [9.17, 15) is 9.18 Å². The van der Waals surface area contributed by atoms with Crippen LogP contribution in [0, 0.1) is 5.82 Å². The number of carbonyl (C=O) groups is 1. The summed E-state index contributed by atoms with van der Waals surface area (Å²) in [5.74, 6) is -1.17. The maximum atomic E-state index is 13.7. The molecule has 0 heterocycles. The highest BCUT2D eigenvalue weighted by atomic mass is 19.1. The largest absolute Gasteiger partial charge is 0.487 e. The van der Waals surface area contributed by atoms with E-state index in [-0.39, 0.29) is 23.1 Å². The first kappa shape index (κ1) is 12.7. The zero-order valence-corrected chi connectivity index (χ0v) is 10.1. The van der Waals surface area contributed by atoms with Crippen LogP contribution in [0.2, 0.25) is 0 Å². The van der Waals surface area contributed by atoms with E-state index in [2.05, 4.69) is 0 Å². The number of hydrogen-bond acceptors (Lipinski definition) is 3. The van der Waals surface area contributed by atoms with Gasteiger partial charge < -0.3 is 16.2 Å². The van der Waals surface area contributed by atoms with Crippen molar-refractivity contribution >= 4 is 11.6 Å². The topological polar surface area (TPSA) is 78.3 Å². The molecule has 0 bridgehead atoms. The summed E-state index contributed by atoms with van der Waals surface area (Å²) in [7, 11) is 0. The van der Waals surface area contributed by atoms with Crippen molar-refractivity contribution in [2.75, 3.05) is 5.73 Å². The highest BCUT2D eigenvalue weighted by Gasteiger charge is 2.19. The average Bonchev–Trinajstić information content (AvgIpc) is 2.33. The molecule has 18 heavy (non-hydrogen) atoms. The van der Waals surface area contributed by atoms with E-state index < -0.39 is 11.7 Å². The highest BCUT2D eigenvalue weighted by molar-refractivity contribution is 5.98. The molecule has 1 saturated carbocycles. The molecule has 0 unspecified atom stereocenters. The molecule has 0 aliphatic heterocycles. The Hall–Kier alpha value is -1.78. The van der Waals surface area contributed by atoms with Crippen LogP contribution >= 0.6 is 0 Å². The third-order valence-corrected chi connectivity index (χ3v) is 3.22. The third kappa shape index (κ3) is 2.72. The molecule has 1 amide bonds. The number of ether oxygens (including phenoxy) is 1. The van der Waals surface area contributed by atoms with Crippen molar-refractivity contribution < 1.29 is 13.9 Å². The zero-order valence-electron chi connectivity index (χ0n) is 10.1. The van der Waals surface area contributed by atoms with E-state index in [4.69, 9.17) is 16.2 Å². The van der Waals surface area contributed by atoms with Gasteiger partial charge in [-0.2, -0.15) is 0 Å². The minimum absolute atomic E-state index is 0.0117. The lowest BCUT2D eigenvalue weighted by Gasteiger charge is -2.23. The zero-order chi connectivity index (χ0) is 13.1. The average molecular weight is 252 g/mol. The monoisotopic (exact) mass is 252 g/mol. The van der Waals surface area contributed by atoms with Gasteiger partial charge in [0.1, 0.15) is 0 Å². The van der Waals surface area contributed by atoms with Gasteiger partial charge in [0.25, 0.3) is 5.91 Å². The summed E-state index contributed by atoms with van der Waals surface area (Å²) in [6.07, 6.45) is 5.20. The quantitative estimate of drug-likeness (QED) is 0.809. The van der Waals surface area contributed by atoms with E-state index >= 15 is 0 Å². The maximum absolute atomic E-state index is 13.7. The summed E-state index contributed by atoms with van der Waals surface area (Å²) in [6.45, 7) is 0. The molecule has 0 radical (unpaired) electrons. The molecule has 1 fully saturated rings. The standard InChI is InChI=1S/C13H17FN2O2/c14-10-7-11(15)9(13(16)17)6-12(10)18-8-4-2-1-3-5-8/h6-8H,1-5,15H2,(H2,16,17). The summed E-state index contributed by atoms with van der Waals surface area (Å²) in [4.78, 5) is 11.1. The van der Waals surface area contributed by atoms with Crippen LogP contribution in [0.25, 0.3) is 0 Å². The smallest absolute Gasteiger partial charge is 0.250 e. The first-order valence-electron chi connectivity index (χ1n) is 6.13. The Morgan fingerprint density at radius 3 is 2.56 bits per heavy atom. The van der Waals surface area contributed by atoms with Crippen molar-refractivity contribution in [2.24, 2.45) is 5.73 Å². The summed E-state index contributed by atoms with van der Waals surface area (Å²) in [6, 6.07) is 2.37. The lowest BCUT2D eigenvalue weighted by molar-refractivity contribution is 0.0999. The summed E-state index contributed by atoms with van der Waals surface area (Å²) < 4.78 is 19.3. The van der Waals surface area contributed by atoms with E-state index in [1.807, 2.05) is 0 Å². The number of primary amides is 1. The van der Waals surface area contributed by atoms with E-state index in [1.165, 1.54) is 12.5 Å². The Labute approximate surface area is 105 Å². The van der Waals surface area contributed by atoms with Crippen LogP contribution in [0.5, 0.6) is 5.75 Å². The van der Waals surface area contributed by atoms with Gasteiger partial charge in [-0.25, -0.2) is 4.39 Å². The second kappa shape index (κ2) is 5.25. The SMILES string of the molecule is NC(=O)c1cc(OC2CCCCC2)c(F)cc1N. The van der Waals surface area contributed by atoms with Gasteiger partial charge >= 0.3 is 0 Å². The number of hydrogen-bond donors (Lipinski definition) is 2. The van der Waals surface area contributed by atoms with Crippen LogP contribution in [0.3, 0.4) is 0 Å². The molecule has 98 valence electrons. The van der Waals surface area contributed by atoms with Crippen LogP contribution in [0.15, 0.2) is 12.1 Å². The predicted octanol–water partition coefficient (Wildman–Crippen LogP) is 2.22. The van der Waals surface area contributed by atoms with Crippen molar-refractivity contribution in [1.29, 1.82) is 0 Å². The lowest BCUT2D eigenvalue weighted by atomic mass is 9.98. The van der Waals surface area contributed by atoms with Gasteiger partial charge in [-0.3, -0.25) is 4.79 Å². The molecule has 0 spiro atoms. The molecule has 0 saturated heterocycles. The van der Waals surface area contributed by atoms with Crippen molar-refractivity contribution in [2.45, 2.75) is 38.2 Å². The molecule has 0 aromatic heterocycles. The number of carbonyl (C=O) groups excluding carboxylic acids is 1. The molecule has 5 heteroatoms. The fourth-order valence-electron chi connectivity index (χ4n) is 2.24. The number of nitrogen functional groups attached to an aromatic ring is 1. The maximum Gasteiger partial charge on any atom is 0.250 e. The van der Waals surface area contributed by atoms with Crippen LogP contribution in [0.1, 0.15) is 42.5 Å². The number of nitrogens with two attached hydrogens (primary N) is 2. The Morgan fingerprint density at radius 1 is 1.28 bits per heavy atom. The molecular formula is C13H17FN2O2. The Kier molecular flexibility index (Phi) is 3.69. The summed E-state index contributed by atoms with van der Waals surface area (Å²) >= 11 is 0. The number of rotatable bonds is 3. The van der Waals surface area contributed by atoms with Crippen LogP contribution in [-0.4, -0.2) is 12.0 Å². The van der Waals surface area contributed by atoms with Gasteiger partial charge in [-0.05, 0) is 31.7 Å². The molecule has 2 rings (SSSR count). The van der Waals surface area contributed by atoms with Gasteiger partial charge in [-0.15, -0.1) is 0 Å². The fraction of sp³-hybridized carbons (Fsp3) is 0.462. The summed E-state index contributed by atoms with van der Waals surface area (Å²) in [5, 5.41) is 0. The normalized spacial score (nSPS) is 16.5. The third-order valence-electron chi connectivity index (χ3n) is 3.22. The Bertz CT molecular complexity index is 457. The van der Waals surface area contributed by atoms with Crippen molar-refractivity contribution in [3.05, 3.63) is 23.5 Å². The number of benzene rings is 1. The van der Waals surface area contributed by atoms with Crippen LogP contribution < -0.4 is 16.2 Å². The lowest BCUT2D eigenvalue weighted by Crippen LogP contribution is -2.21. The van der Waals surface area contributed by atoms with Crippen molar-refractivity contribution in [1.82, 2.24) is 0 Å². The van der Waals surface area contributed by atoms with Crippen LogP contribution in [0.4, 0.5) is 10.1 Å². The minimum Gasteiger partial charge on any atom is -0.487 e. The van der Waals surface area contributed by atoms with E-state index in [0.29, 0.717) is 0 Å². The second-order valence-electron chi connectivity index (χ2n) is 4.61. The molecule has 1 aromatic carbocycles. The van der Waals surface area contributed by atoms with Crippen molar-refractivity contribution in [3.63, 3.8) is 0 Å². The molecule has 0 atom stereocenters. The van der Waals surface area contributed by atoms with Gasteiger partial charge in [0, 0.05) is 11.8 Å². The van der Waals surface area contributed by atoms with Gasteiger partial charge in [0.05, 0.1) is 11.7 Å². The second-order valence-corrected chi connectivity index (χ2v) is 4.61. The van der Waals surface area contributed by atoms with Gasteiger partial charge in [0.2, 0.25) is 0 Å². The summed E-state index contributed by atoms with van der Waals surface area (Å²) in [5.41, 5.74) is 10.8. The molecule has 1 aliphatic carbocycles. The highest BCUT2D eigenvalue weighted by Crippen LogP contribution is 2.28. The Morgan fingerprint density at radius 2 is 1.94 bits per heavy atom. The molecule has 1 aliphatic rings. The number of amides is 1. The van der Waals surface area contributed by atoms with Crippen molar-refractivity contribution in [3.8, 4) is 5.75 Å². The van der Waals surface area contributed by atoms with E-state index in [0.717, 1.165) is 31.7 Å². The molecule has 1 aromatic rings. The Balaban J connectivity index is 2.21. The molecule has 4 N–H and O–H groups in total. The first-order valence-corrected chi connectivity index (χ1v) is 6.13. The fourth-order valence-corrected chi connectivity index (χ4v) is 2.24. The van der Waals surface area contributed by atoms with E-state index in [1.54, 1.807) is 0 Å².